The molecule has 1 aromatic carbocycles. The van der Waals surface area contributed by atoms with E-state index in [1.54, 1.807) is 0 Å². The Hall–Kier alpha value is -1.33. The Morgan fingerprint density at radius 2 is 1.82 bits per heavy atom. The highest BCUT2D eigenvalue weighted by Crippen LogP contribution is 2.03. The van der Waals surface area contributed by atoms with Crippen LogP contribution >= 0.6 is 0 Å². The van der Waals surface area contributed by atoms with Crippen LogP contribution in [0.5, 0.6) is 0 Å². The van der Waals surface area contributed by atoms with Gasteiger partial charge in [0.05, 0.1) is 11.6 Å². The average molecular weight is 148 g/mol. The maximum Gasteiger partial charge on any atom is 0.0994 e. The third kappa shape index (κ3) is 2.83. The van der Waals surface area contributed by atoms with Crippen molar-refractivity contribution in [3.05, 3.63) is 35.4 Å². The summed E-state index contributed by atoms with van der Waals surface area (Å²) in [6.45, 7) is 1.93. The zero-order valence-corrected chi connectivity index (χ0v) is 6.83. The summed E-state index contributed by atoms with van der Waals surface area (Å²) in [5, 5.41) is 8.47. The van der Waals surface area contributed by atoms with Crippen LogP contribution in [0.25, 0.3) is 0 Å². The van der Waals surface area contributed by atoms with E-state index in [-0.39, 0.29) is 0 Å². The van der Waals surface area contributed by atoms with Gasteiger partial charge >= 0.3 is 0 Å². The first-order valence-corrected chi connectivity index (χ1v) is 3.38. The van der Waals surface area contributed by atoms with Crippen molar-refractivity contribution in [2.24, 2.45) is 5.73 Å². The highest BCUT2D eigenvalue weighted by Gasteiger charge is 1.89. The van der Waals surface area contributed by atoms with Gasteiger partial charge in [-0.1, -0.05) is 18.2 Å². The van der Waals surface area contributed by atoms with Gasteiger partial charge in [-0.15, -0.1) is 0 Å². The number of hydrogen-bond donors (Lipinski definition) is 1. The molecule has 2 heteroatoms. The first-order chi connectivity index (χ1) is 5.34. The Labute approximate surface area is 67.3 Å². The molecule has 0 aromatic heterocycles. The van der Waals surface area contributed by atoms with Gasteiger partial charge in [-0.2, -0.15) is 5.26 Å². The molecule has 0 saturated carbocycles. The van der Waals surface area contributed by atoms with Crippen molar-refractivity contribution in [1.82, 2.24) is 0 Å². The summed E-state index contributed by atoms with van der Waals surface area (Å²) in [5.74, 6) is 0. The van der Waals surface area contributed by atoms with Crippen LogP contribution in [0.15, 0.2) is 24.3 Å². The van der Waals surface area contributed by atoms with Crippen LogP contribution < -0.4 is 5.73 Å². The molecule has 0 fully saturated rings. The molecule has 0 saturated heterocycles. The van der Waals surface area contributed by atoms with E-state index < -0.39 is 0 Å². The molecule has 0 radical (unpaired) electrons. The number of nitriles is 1. The molecule has 0 heterocycles. The molecule has 1 rings (SSSR count). The Balaban J connectivity index is 0.000000461. The Bertz CT molecular complexity index is 248. The van der Waals surface area contributed by atoms with Gasteiger partial charge in [0.1, 0.15) is 0 Å². The van der Waals surface area contributed by atoms with Crippen molar-refractivity contribution in [1.29, 1.82) is 5.26 Å². The van der Waals surface area contributed by atoms with E-state index in [1.807, 2.05) is 31.2 Å². The predicted molar refractivity (Wildman–Crippen MR) is 46.0 cm³/mol. The molecular weight excluding hydrogens is 136 g/mol. The number of hydrogen-bond acceptors (Lipinski definition) is 2. The van der Waals surface area contributed by atoms with Gasteiger partial charge in [0.2, 0.25) is 0 Å². The van der Waals surface area contributed by atoms with Crippen LogP contribution in [0, 0.1) is 18.3 Å². The molecule has 0 spiro atoms. The van der Waals surface area contributed by atoms with E-state index in [0.717, 1.165) is 11.1 Å². The van der Waals surface area contributed by atoms with Crippen molar-refractivity contribution in [2.75, 3.05) is 7.05 Å². The fourth-order valence-corrected chi connectivity index (χ4v) is 0.698. The van der Waals surface area contributed by atoms with Gasteiger partial charge < -0.3 is 5.73 Å². The summed E-state index contributed by atoms with van der Waals surface area (Å²) in [6, 6.07) is 9.63. The first-order valence-electron chi connectivity index (χ1n) is 3.38. The second-order valence-electron chi connectivity index (χ2n) is 1.93. The van der Waals surface area contributed by atoms with E-state index in [4.69, 9.17) is 5.26 Å². The number of nitrogens with two attached hydrogens (primary N) is 1. The maximum atomic E-state index is 8.47. The van der Waals surface area contributed by atoms with Crippen molar-refractivity contribution < 1.29 is 0 Å². The molecular formula is C9H12N2. The monoisotopic (exact) mass is 148 g/mol. The molecule has 1 aromatic rings. The van der Waals surface area contributed by atoms with Gasteiger partial charge in [0.15, 0.2) is 0 Å². The fraction of sp³-hybridized carbons (Fsp3) is 0.222. The molecule has 0 aliphatic heterocycles. The lowest BCUT2D eigenvalue weighted by Crippen LogP contribution is -1.77. The van der Waals surface area contributed by atoms with Crippen LogP contribution in [0.4, 0.5) is 0 Å². The van der Waals surface area contributed by atoms with Crippen molar-refractivity contribution in [3.63, 3.8) is 0 Å². The molecule has 0 aliphatic carbocycles. The van der Waals surface area contributed by atoms with Gasteiger partial charge in [0.25, 0.3) is 0 Å². The van der Waals surface area contributed by atoms with E-state index >= 15 is 0 Å². The van der Waals surface area contributed by atoms with Crippen molar-refractivity contribution in [2.45, 2.75) is 6.92 Å². The predicted octanol–water partition coefficient (Wildman–Crippen LogP) is 1.44. The highest BCUT2D eigenvalue weighted by molar-refractivity contribution is 5.35. The first kappa shape index (κ1) is 9.67. The van der Waals surface area contributed by atoms with E-state index in [9.17, 15) is 0 Å². The standard InChI is InChI=1S/C8H7N.CH5N/c1-7-4-2-3-5-8(7)6-9;1-2/h2-5H,1H3;2H2,1H3. The number of rotatable bonds is 0. The van der Waals surface area contributed by atoms with Crippen LogP contribution in [0.2, 0.25) is 0 Å². The molecule has 0 amide bonds. The largest absolute Gasteiger partial charge is 0.333 e. The summed E-state index contributed by atoms with van der Waals surface area (Å²) >= 11 is 0. The van der Waals surface area contributed by atoms with Crippen LogP contribution in [-0.4, -0.2) is 7.05 Å². The summed E-state index contributed by atoms with van der Waals surface area (Å²) < 4.78 is 0. The zero-order chi connectivity index (χ0) is 8.69. The molecule has 11 heavy (non-hydrogen) atoms. The molecule has 58 valence electrons. The summed E-state index contributed by atoms with van der Waals surface area (Å²) in [7, 11) is 1.50. The molecule has 0 bridgehead atoms. The van der Waals surface area contributed by atoms with E-state index in [2.05, 4.69) is 11.8 Å². The van der Waals surface area contributed by atoms with Crippen LogP contribution in [0.1, 0.15) is 11.1 Å². The minimum atomic E-state index is 0.762. The van der Waals surface area contributed by atoms with Gasteiger partial charge in [-0.05, 0) is 25.6 Å². The smallest absolute Gasteiger partial charge is 0.0994 e. The zero-order valence-electron chi connectivity index (χ0n) is 6.83. The minimum absolute atomic E-state index is 0.762. The summed E-state index contributed by atoms with van der Waals surface area (Å²) in [6.07, 6.45) is 0. The Kier molecular flexibility index (Phi) is 4.80. The lowest BCUT2D eigenvalue weighted by Gasteiger charge is -1.90. The minimum Gasteiger partial charge on any atom is -0.333 e. The quantitative estimate of drug-likeness (QED) is 0.605. The third-order valence-corrected chi connectivity index (χ3v) is 1.27. The Morgan fingerprint density at radius 1 is 1.27 bits per heavy atom. The lowest BCUT2D eigenvalue weighted by molar-refractivity contribution is 1.39. The number of aryl methyl sites for hydroxylation is 1. The Morgan fingerprint density at radius 3 is 2.18 bits per heavy atom. The van der Waals surface area contributed by atoms with E-state index in [0.29, 0.717) is 0 Å². The lowest BCUT2D eigenvalue weighted by atomic mass is 10.1. The second kappa shape index (κ2) is 5.45. The number of benzene rings is 1. The topological polar surface area (TPSA) is 49.8 Å². The summed E-state index contributed by atoms with van der Waals surface area (Å²) in [4.78, 5) is 0. The van der Waals surface area contributed by atoms with Gasteiger partial charge in [-0.3, -0.25) is 0 Å². The molecule has 0 unspecified atom stereocenters. The molecule has 2 nitrogen and oxygen atoms in total. The van der Waals surface area contributed by atoms with Crippen LogP contribution in [0.3, 0.4) is 0 Å². The normalized spacial score (nSPS) is 7.45. The molecule has 0 aliphatic rings. The van der Waals surface area contributed by atoms with Crippen molar-refractivity contribution >= 4 is 0 Å². The molecule has 2 N–H and O–H groups in total. The maximum absolute atomic E-state index is 8.47. The van der Waals surface area contributed by atoms with Gasteiger partial charge in [0, 0.05) is 0 Å². The van der Waals surface area contributed by atoms with Crippen LogP contribution in [-0.2, 0) is 0 Å². The second-order valence-corrected chi connectivity index (χ2v) is 1.93. The SMILES string of the molecule is CN.Cc1ccccc1C#N. The van der Waals surface area contributed by atoms with Gasteiger partial charge in [-0.25, -0.2) is 0 Å². The average Bonchev–Trinajstić information content (AvgIpc) is 2.09. The summed E-state index contributed by atoms with van der Waals surface area (Å²) in [5.41, 5.74) is 6.30. The van der Waals surface area contributed by atoms with E-state index in [1.165, 1.54) is 7.05 Å². The molecule has 0 atom stereocenters. The highest BCUT2D eigenvalue weighted by atomic mass is 14.4. The fourth-order valence-electron chi connectivity index (χ4n) is 0.698. The third-order valence-electron chi connectivity index (χ3n) is 1.27. The number of nitrogens with zero attached hydrogens (tertiary/aromatic N) is 1. The van der Waals surface area contributed by atoms with Crippen molar-refractivity contribution in [3.8, 4) is 6.07 Å².